The lowest BCUT2D eigenvalue weighted by Crippen LogP contribution is -2.54. The first-order valence-corrected chi connectivity index (χ1v) is 13.0. The Bertz CT molecular complexity index is 1630. The van der Waals surface area contributed by atoms with Crippen molar-refractivity contribution in [3.63, 3.8) is 0 Å². The van der Waals surface area contributed by atoms with Crippen LogP contribution in [0.1, 0.15) is 24.0 Å². The Morgan fingerprint density at radius 2 is 1.89 bits per heavy atom. The number of pyridine rings is 1. The maximum atomic E-state index is 13.5. The van der Waals surface area contributed by atoms with Gasteiger partial charge in [0.05, 0.1) is 17.3 Å². The lowest BCUT2D eigenvalue weighted by atomic mass is 9.96. The molecule has 1 N–H and O–H groups in total. The highest BCUT2D eigenvalue weighted by Crippen LogP contribution is 2.34. The molecule has 3 heterocycles. The fourth-order valence-corrected chi connectivity index (χ4v) is 5.91. The summed E-state index contributed by atoms with van der Waals surface area (Å²) < 4.78 is 84.5. The summed E-state index contributed by atoms with van der Waals surface area (Å²) >= 11 is 0. The number of sulfonamides is 1. The van der Waals surface area contributed by atoms with Crippen molar-refractivity contribution in [2.75, 3.05) is 6.54 Å². The van der Waals surface area contributed by atoms with Crippen LogP contribution >= 0.6 is 0 Å². The molecular weight excluding hydrogens is 528 g/mol. The van der Waals surface area contributed by atoms with Gasteiger partial charge in [0.25, 0.3) is 10.0 Å². The predicted molar refractivity (Wildman–Crippen MR) is 128 cm³/mol. The highest BCUT2D eigenvalue weighted by atomic mass is 32.2. The van der Waals surface area contributed by atoms with Gasteiger partial charge >= 0.3 is 6.18 Å². The third kappa shape index (κ3) is 4.88. The number of benzene rings is 2. The van der Waals surface area contributed by atoms with Gasteiger partial charge in [-0.1, -0.05) is 6.07 Å². The van der Waals surface area contributed by atoms with Gasteiger partial charge in [0, 0.05) is 36.2 Å². The second-order valence-corrected chi connectivity index (χ2v) is 10.7. The summed E-state index contributed by atoms with van der Waals surface area (Å²) in [4.78, 5) is 16.7. The van der Waals surface area contributed by atoms with Crippen molar-refractivity contribution in [3.05, 3.63) is 77.7 Å². The zero-order valence-corrected chi connectivity index (χ0v) is 20.4. The molecule has 1 fully saturated rings. The number of aromatic hydroxyl groups is 1. The van der Waals surface area contributed by atoms with E-state index in [0.29, 0.717) is 18.2 Å². The van der Waals surface area contributed by atoms with Crippen LogP contribution in [0.4, 0.5) is 17.6 Å². The van der Waals surface area contributed by atoms with Crippen molar-refractivity contribution in [3.8, 4) is 17.0 Å². The summed E-state index contributed by atoms with van der Waals surface area (Å²) in [5.74, 6) is -1.04. The number of alkyl halides is 3. The van der Waals surface area contributed by atoms with Crippen molar-refractivity contribution in [1.29, 1.82) is 0 Å². The number of phenols is 1. The Kier molecular flexibility index (Phi) is 6.48. The summed E-state index contributed by atoms with van der Waals surface area (Å²) in [5, 5.41) is 10.1. The Morgan fingerprint density at radius 1 is 1.11 bits per heavy atom. The maximum Gasteiger partial charge on any atom is 0.417 e. The zero-order valence-electron chi connectivity index (χ0n) is 19.6. The minimum atomic E-state index is -4.54. The number of aryl methyl sites for hydroxylation is 1. The SMILES string of the molecule is O=C(CCc1ccc(O)c(-c2ccc(C(F)(F)F)cn2)c1)[C@@H]1CCN1S(=O)(=O)c1cc2cc(F)ccc2o1. The van der Waals surface area contributed by atoms with E-state index in [9.17, 15) is 35.9 Å². The van der Waals surface area contributed by atoms with Crippen molar-refractivity contribution in [2.24, 2.45) is 0 Å². The number of furan rings is 1. The van der Waals surface area contributed by atoms with Crippen LogP contribution < -0.4 is 0 Å². The molecule has 1 saturated heterocycles. The minimum absolute atomic E-state index is 0.00726. The molecule has 0 unspecified atom stereocenters. The van der Waals surface area contributed by atoms with Crippen LogP contribution in [0.3, 0.4) is 0 Å². The summed E-state index contributed by atoms with van der Waals surface area (Å²) in [5.41, 5.74) is 0.237. The summed E-state index contributed by atoms with van der Waals surface area (Å²) in [7, 11) is -4.11. The first kappa shape index (κ1) is 25.9. The monoisotopic (exact) mass is 548 g/mol. The van der Waals surface area contributed by atoms with E-state index in [1.165, 1.54) is 24.3 Å². The molecule has 0 saturated carbocycles. The molecule has 0 bridgehead atoms. The molecule has 7 nitrogen and oxygen atoms in total. The quantitative estimate of drug-likeness (QED) is 0.314. The van der Waals surface area contributed by atoms with Gasteiger partial charge in [0.1, 0.15) is 17.1 Å². The Balaban J connectivity index is 1.28. The molecule has 12 heteroatoms. The second kappa shape index (κ2) is 9.52. The van der Waals surface area contributed by atoms with E-state index in [2.05, 4.69) is 4.98 Å². The first-order chi connectivity index (χ1) is 17.9. The fraction of sp³-hybridized carbons (Fsp3) is 0.231. The molecule has 38 heavy (non-hydrogen) atoms. The van der Waals surface area contributed by atoms with Crippen LogP contribution in [0.5, 0.6) is 5.75 Å². The summed E-state index contributed by atoms with van der Waals surface area (Å²) in [6.45, 7) is 0.132. The topological polar surface area (TPSA) is 101 Å². The number of halogens is 4. The average Bonchev–Trinajstić information content (AvgIpc) is 3.26. The van der Waals surface area contributed by atoms with Crippen LogP contribution in [0.2, 0.25) is 0 Å². The van der Waals surface area contributed by atoms with Gasteiger partial charge in [0.2, 0.25) is 5.09 Å². The molecular formula is C26H20F4N2O5S. The number of aromatic nitrogens is 1. The molecule has 0 aliphatic carbocycles. The fourth-order valence-electron chi connectivity index (χ4n) is 4.30. The number of Topliss-reactive ketones (excluding diaryl/α,β-unsaturated/α-hetero) is 1. The third-order valence-electron chi connectivity index (χ3n) is 6.45. The van der Waals surface area contributed by atoms with Gasteiger partial charge in [-0.15, -0.1) is 0 Å². The first-order valence-electron chi connectivity index (χ1n) is 11.5. The van der Waals surface area contributed by atoms with E-state index in [0.717, 1.165) is 28.6 Å². The molecule has 0 radical (unpaired) electrons. The van der Waals surface area contributed by atoms with Gasteiger partial charge in [-0.2, -0.15) is 17.5 Å². The van der Waals surface area contributed by atoms with Crippen LogP contribution in [0.25, 0.3) is 22.2 Å². The van der Waals surface area contributed by atoms with Crippen LogP contribution in [-0.4, -0.2) is 41.2 Å². The molecule has 5 rings (SSSR count). The summed E-state index contributed by atoms with van der Waals surface area (Å²) in [6, 6.07) is 10.5. The van der Waals surface area contributed by atoms with Crippen LogP contribution in [0.15, 0.2) is 70.3 Å². The van der Waals surface area contributed by atoms with Gasteiger partial charge in [0.15, 0.2) is 5.78 Å². The Hall–Kier alpha value is -3.77. The molecule has 2 aromatic carbocycles. The van der Waals surface area contributed by atoms with E-state index in [1.54, 1.807) is 6.07 Å². The number of hydrogen-bond donors (Lipinski definition) is 1. The van der Waals surface area contributed by atoms with Crippen LogP contribution in [-0.2, 0) is 27.4 Å². The molecule has 2 aromatic heterocycles. The Labute approximate surface area is 214 Å². The van der Waals surface area contributed by atoms with Gasteiger partial charge in [-0.25, -0.2) is 12.8 Å². The maximum absolute atomic E-state index is 13.5. The zero-order chi connectivity index (χ0) is 27.2. The van der Waals surface area contributed by atoms with E-state index < -0.39 is 33.6 Å². The number of fused-ring (bicyclic) bond motifs is 1. The molecule has 0 spiro atoms. The highest BCUT2D eigenvalue weighted by molar-refractivity contribution is 7.89. The largest absolute Gasteiger partial charge is 0.507 e. The predicted octanol–water partition coefficient (Wildman–Crippen LogP) is 5.32. The van der Waals surface area contributed by atoms with Crippen molar-refractivity contribution >= 4 is 26.8 Å². The normalized spacial score (nSPS) is 16.5. The standard InChI is InChI=1S/C26H20F4N2O5S/c27-18-4-8-24-16(12-18)13-25(37-24)38(35,36)32-10-9-21(32)23(34)7-2-15-1-6-22(33)19(11-15)20-5-3-17(14-31-20)26(28,29)30/h1,3-6,8,11-14,21,33H,2,7,9-10H2/t21-/m0/s1. The average molecular weight is 549 g/mol. The number of carbonyl (C=O) groups is 1. The number of rotatable bonds is 7. The molecule has 1 aliphatic rings. The molecule has 4 aromatic rings. The third-order valence-corrected chi connectivity index (χ3v) is 8.21. The number of phenolic OH excluding ortho intramolecular Hbond substituents is 1. The van der Waals surface area contributed by atoms with Gasteiger partial charge in [-0.3, -0.25) is 9.78 Å². The minimum Gasteiger partial charge on any atom is -0.507 e. The number of carbonyl (C=O) groups excluding carboxylic acids is 1. The number of hydrogen-bond acceptors (Lipinski definition) is 6. The van der Waals surface area contributed by atoms with Crippen molar-refractivity contribution in [2.45, 2.75) is 36.6 Å². The van der Waals surface area contributed by atoms with E-state index in [4.69, 9.17) is 4.42 Å². The van der Waals surface area contributed by atoms with Gasteiger partial charge in [-0.05, 0) is 60.9 Å². The molecule has 0 amide bonds. The van der Waals surface area contributed by atoms with Crippen molar-refractivity contribution in [1.82, 2.24) is 9.29 Å². The Morgan fingerprint density at radius 3 is 2.55 bits per heavy atom. The molecule has 1 aliphatic heterocycles. The van der Waals surface area contributed by atoms with Crippen LogP contribution in [0, 0.1) is 5.82 Å². The van der Waals surface area contributed by atoms with E-state index in [1.807, 2.05) is 0 Å². The number of nitrogens with zero attached hydrogens (tertiary/aromatic N) is 2. The smallest absolute Gasteiger partial charge is 0.417 e. The number of ketones is 1. The van der Waals surface area contributed by atoms with Gasteiger partial charge < -0.3 is 9.52 Å². The highest BCUT2D eigenvalue weighted by Gasteiger charge is 2.43. The molecule has 1 atom stereocenters. The summed E-state index contributed by atoms with van der Waals surface area (Å²) in [6.07, 6.45) is -3.33. The molecule has 198 valence electrons. The lowest BCUT2D eigenvalue weighted by Gasteiger charge is -2.37. The van der Waals surface area contributed by atoms with Crippen molar-refractivity contribution < 1.29 is 40.3 Å². The lowest BCUT2D eigenvalue weighted by molar-refractivity contribution is -0.137. The van der Waals surface area contributed by atoms with E-state index >= 15 is 0 Å². The second-order valence-electron chi connectivity index (χ2n) is 8.92. The van der Waals surface area contributed by atoms with E-state index in [-0.39, 0.29) is 58.2 Å².